The summed E-state index contributed by atoms with van der Waals surface area (Å²) >= 11 is 0. The van der Waals surface area contributed by atoms with Crippen LogP contribution in [-0.4, -0.2) is 33.5 Å². The van der Waals surface area contributed by atoms with Crippen molar-refractivity contribution in [2.45, 2.75) is 144 Å². The summed E-state index contributed by atoms with van der Waals surface area (Å²) in [6.45, 7) is 17.3. The summed E-state index contributed by atoms with van der Waals surface area (Å²) in [7, 11) is 0. The largest absolute Gasteiger partial charge is 0.504 e. The van der Waals surface area contributed by atoms with E-state index in [0.717, 1.165) is 36.7 Å². The number of ether oxygens (including phenoxy) is 1. The summed E-state index contributed by atoms with van der Waals surface area (Å²) in [5, 5.41) is 30.4. The maximum atomic E-state index is 13.1. The Kier molecular flexibility index (Phi) is 7.99. The van der Waals surface area contributed by atoms with Gasteiger partial charge in [0.15, 0.2) is 11.5 Å². The van der Waals surface area contributed by atoms with Gasteiger partial charge in [-0.15, -0.1) is 0 Å². The molecule has 246 valence electrons. The Morgan fingerprint density at radius 3 is 2.18 bits per heavy atom. The average molecular weight is 609 g/mol. The van der Waals surface area contributed by atoms with Gasteiger partial charge < -0.3 is 20.1 Å². The number of aliphatic hydroxyl groups is 1. The molecular formula is C39H60O5. The van der Waals surface area contributed by atoms with Crippen LogP contribution in [0.5, 0.6) is 11.5 Å². The Hall–Kier alpha value is -1.75. The van der Waals surface area contributed by atoms with E-state index >= 15 is 0 Å². The van der Waals surface area contributed by atoms with Crippen LogP contribution in [0.2, 0.25) is 0 Å². The van der Waals surface area contributed by atoms with Crippen LogP contribution in [0, 0.1) is 56.7 Å². The summed E-state index contributed by atoms with van der Waals surface area (Å²) < 4.78 is 6.27. The number of phenols is 2. The summed E-state index contributed by atoms with van der Waals surface area (Å²) in [5.41, 5.74) is 1.69. The number of esters is 1. The van der Waals surface area contributed by atoms with Gasteiger partial charge >= 0.3 is 5.97 Å². The molecule has 0 spiro atoms. The van der Waals surface area contributed by atoms with Gasteiger partial charge in [0.1, 0.15) is 6.10 Å². The van der Waals surface area contributed by atoms with E-state index in [4.69, 9.17) is 4.74 Å². The molecular weight excluding hydrogens is 548 g/mol. The predicted molar refractivity (Wildman–Crippen MR) is 174 cm³/mol. The van der Waals surface area contributed by atoms with Crippen LogP contribution < -0.4 is 0 Å². The number of benzene rings is 1. The van der Waals surface area contributed by atoms with E-state index in [-0.39, 0.29) is 52.3 Å². The maximum absolute atomic E-state index is 13.1. The van der Waals surface area contributed by atoms with Crippen molar-refractivity contribution in [2.24, 2.45) is 56.7 Å². The second kappa shape index (κ2) is 10.9. The van der Waals surface area contributed by atoms with E-state index in [1.807, 2.05) is 0 Å². The Labute approximate surface area is 266 Å². The monoisotopic (exact) mass is 608 g/mol. The first kappa shape index (κ1) is 32.2. The first-order chi connectivity index (χ1) is 20.5. The zero-order valence-electron chi connectivity index (χ0n) is 28.6. The molecule has 10 atom stereocenters. The lowest BCUT2D eigenvalue weighted by atomic mass is 9.41. The van der Waals surface area contributed by atoms with Crippen molar-refractivity contribution in [3.8, 4) is 11.5 Å². The van der Waals surface area contributed by atoms with Crippen LogP contribution in [-0.2, 0) is 16.0 Å². The third kappa shape index (κ3) is 5.01. The number of phenolic OH excluding ortho intramolecular Hbond substituents is 2. The molecule has 0 aromatic heterocycles. The van der Waals surface area contributed by atoms with Gasteiger partial charge in [0.2, 0.25) is 0 Å². The lowest BCUT2D eigenvalue weighted by Gasteiger charge is -2.64. The molecule has 6 rings (SSSR count). The van der Waals surface area contributed by atoms with Crippen LogP contribution >= 0.6 is 0 Å². The number of hydrogen-bond donors (Lipinski definition) is 3. The van der Waals surface area contributed by atoms with Gasteiger partial charge in [-0.3, -0.25) is 4.79 Å². The highest BCUT2D eigenvalue weighted by molar-refractivity contribution is 5.70. The summed E-state index contributed by atoms with van der Waals surface area (Å²) in [6, 6.07) is 4.75. The van der Waals surface area contributed by atoms with E-state index in [0.29, 0.717) is 35.0 Å². The predicted octanol–water partition coefficient (Wildman–Crippen LogP) is 8.81. The van der Waals surface area contributed by atoms with Crippen LogP contribution in [0.25, 0.3) is 0 Å². The van der Waals surface area contributed by atoms with Crippen LogP contribution in [0.15, 0.2) is 18.2 Å². The topological polar surface area (TPSA) is 87.0 Å². The minimum Gasteiger partial charge on any atom is -0.504 e. The number of carbonyl (C=O) groups excluding carboxylic acids is 1. The third-order valence-corrected chi connectivity index (χ3v) is 15.3. The molecule has 0 heterocycles. The molecule has 5 heteroatoms. The number of carbonyl (C=O) groups is 1. The molecule has 0 amide bonds. The summed E-state index contributed by atoms with van der Waals surface area (Å²) in [4.78, 5) is 13.1. The first-order valence-electron chi connectivity index (χ1n) is 17.9. The Bertz CT molecular complexity index is 1250. The Morgan fingerprint density at radius 2 is 1.45 bits per heavy atom. The highest BCUT2D eigenvalue weighted by Gasteiger charge is 2.64. The zero-order valence-corrected chi connectivity index (χ0v) is 28.6. The van der Waals surface area contributed by atoms with Gasteiger partial charge in [-0.1, -0.05) is 54.5 Å². The molecule has 44 heavy (non-hydrogen) atoms. The molecule has 1 aromatic rings. The number of aromatic hydroxyl groups is 2. The molecule has 5 aliphatic rings. The normalized spacial score (nSPS) is 44.2. The van der Waals surface area contributed by atoms with Crippen molar-refractivity contribution in [1.82, 2.24) is 0 Å². The van der Waals surface area contributed by atoms with Crippen LogP contribution in [0.3, 0.4) is 0 Å². The molecule has 0 unspecified atom stereocenters. The quantitative estimate of drug-likeness (QED) is 0.235. The SMILES string of the molecule is CC1(C)[C@@H](OC(=O)CCc2ccc(O)c(O)c2)CC[C@]2(C)[C@@H]1CC[C@]1(C)C[C@@H]3CC[C@H]4C(C)(C)[C@@H](O)CC[C@]4(C)[C@H]3CC[C@@H]12. The molecule has 0 radical (unpaired) electrons. The van der Waals surface area contributed by atoms with Crippen molar-refractivity contribution in [2.75, 3.05) is 0 Å². The highest BCUT2D eigenvalue weighted by Crippen LogP contribution is 2.71. The molecule has 0 aliphatic heterocycles. The van der Waals surface area contributed by atoms with Gasteiger partial charge in [-0.25, -0.2) is 0 Å². The second-order valence-corrected chi connectivity index (χ2v) is 18.1. The van der Waals surface area contributed by atoms with E-state index in [2.05, 4.69) is 48.5 Å². The first-order valence-corrected chi connectivity index (χ1v) is 17.9. The summed E-state index contributed by atoms with van der Waals surface area (Å²) in [6.07, 6.45) is 13.8. The Morgan fingerprint density at radius 1 is 0.773 bits per heavy atom. The standard InChI is InChI=1S/C39H60O5/c1-35(2)29-13-10-25-23-37(5)19-16-30-36(3,4)33(44-34(43)15-9-24-8-12-27(40)28(41)22-24)18-21-39(30,7)31(37)14-11-26(25)38(29,6)20-17-32(35)42/h8,12,22,25-26,29-33,40-42H,9-11,13-21,23H2,1-7H3/t25-,26-,29-,30+,31-,32-,33-,37+,38+,39+/m0/s1. The van der Waals surface area contributed by atoms with E-state index in [1.165, 1.54) is 63.5 Å². The average Bonchev–Trinajstić information content (AvgIpc) is 3.10. The molecule has 1 aromatic carbocycles. The van der Waals surface area contributed by atoms with Gasteiger partial charge in [0, 0.05) is 11.8 Å². The molecule has 5 aliphatic carbocycles. The third-order valence-electron chi connectivity index (χ3n) is 15.3. The van der Waals surface area contributed by atoms with Crippen LogP contribution in [0.1, 0.15) is 131 Å². The number of aryl methyl sites for hydroxylation is 1. The lowest BCUT2D eigenvalue weighted by molar-refractivity contribution is -0.194. The summed E-state index contributed by atoms with van der Waals surface area (Å²) in [5.74, 6) is 2.94. The van der Waals surface area contributed by atoms with Crippen molar-refractivity contribution in [3.05, 3.63) is 23.8 Å². The van der Waals surface area contributed by atoms with Crippen LogP contribution in [0.4, 0.5) is 0 Å². The maximum Gasteiger partial charge on any atom is 0.306 e. The number of aliphatic hydroxyl groups excluding tert-OH is 1. The van der Waals surface area contributed by atoms with E-state index < -0.39 is 0 Å². The van der Waals surface area contributed by atoms with Crippen molar-refractivity contribution in [3.63, 3.8) is 0 Å². The second-order valence-electron chi connectivity index (χ2n) is 18.1. The molecule has 3 N–H and O–H groups in total. The highest BCUT2D eigenvalue weighted by atomic mass is 16.5. The van der Waals surface area contributed by atoms with E-state index in [9.17, 15) is 20.1 Å². The van der Waals surface area contributed by atoms with Gasteiger partial charge in [-0.05, 0) is 146 Å². The molecule has 5 fully saturated rings. The minimum atomic E-state index is -0.171. The molecule has 0 bridgehead atoms. The minimum absolute atomic E-state index is 0.00365. The Balaban J connectivity index is 1.17. The van der Waals surface area contributed by atoms with Crippen molar-refractivity contribution in [1.29, 1.82) is 0 Å². The zero-order chi connectivity index (χ0) is 31.9. The number of hydrogen-bond acceptors (Lipinski definition) is 5. The molecule has 5 saturated carbocycles. The number of fused-ring (bicyclic) bond motifs is 6. The van der Waals surface area contributed by atoms with E-state index in [1.54, 1.807) is 6.07 Å². The fourth-order valence-electron chi connectivity index (χ4n) is 13.0. The smallest absolute Gasteiger partial charge is 0.306 e. The number of rotatable bonds is 4. The van der Waals surface area contributed by atoms with Crippen molar-refractivity contribution < 1.29 is 24.9 Å². The van der Waals surface area contributed by atoms with Gasteiger partial charge in [-0.2, -0.15) is 0 Å². The molecule has 5 nitrogen and oxygen atoms in total. The fraction of sp³-hybridized carbons (Fsp3) is 0.821. The van der Waals surface area contributed by atoms with Gasteiger partial charge in [0.25, 0.3) is 0 Å². The molecule has 0 saturated heterocycles. The van der Waals surface area contributed by atoms with Gasteiger partial charge in [0.05, 0.1) is 6.10 Å². The lowest BCUT2D eigenvalue weighted by Crippen LogP contribution is -2.59. The fourth-order valence-corrected chi connectivity index (χ4v) is 13.0. The van der Waals surface area contributed by atoms with Crippen molar-refractivity contribution >= 4 is 5.97 Å².